The Balaban J connectivity index is 2.43. The molecule has 0 aliphatic carbocycles. The predicted molar refractivity (Wildman–Crippen MR) is 76.7 cm³/mol. The molecular formula is C11H17N3O2S2. The van der Waals surface area contributed by atoms with Crippen molar-refractivity contribution in [3.8, 4) is 0 Å². The number of hydrogen-bond acceptors (Lipinski definition) is 6. The van der Waals surface area contributed by atoms with E-state index in [-0.39, 0.29) is 0 Å². The number of nitrogens with zero attached hydrogens (tertiary/aromatic N) is 2. The molecule has 2 rings (SSSR count). The molecule has 0 spiro atoms. The highest BCUT2D eigenvalue weighted by atomic mass is 32.2. The first kappa shape index (κ1) is 13.5. The van der Waals surface area contributed by atoms with Gasteiger partial charge in [-0.1, -0.05) is 0 Å². The van der Waals surface area contributed by atoms with Gasteiger partial charge in [-0.3, -0.25) is 0 Å². The van der Waals surface area contributed by atoms with Crippen LogP contribution in [0.1, 0.15) is 5.56 Å². The van der Waals surface area contributed by atoms with Gasteiger partial charge < -0.3 is 10.6 Å². The lowest BCUT2D eigenvalue weighted by Crippen LogP contribution is -2.47. The van der Waals surface area contributed by atoms with E-state index in [0.29, 0.717) is 23.8 Å². The monoisotopic (exact) mass is 287 g/mol. The first-order chi connectivity index (χ1) is 8.41. The minimum absolute atomic E-state index is 0.534. The molecule has 0 aromatic carbocycles. The van der Waals surface area contributed by atoms with E-state index < -0.39 is 15.2 Å². The third-order valence-corrected chi connectivity index (χ3v) is 5.68. The van der Waals surface area contributed by atoms with Crippen LogP contribution in [0, 0.1) is 6.92 Å². The molecule has 18 heavy (non-hydrogen) atoms. The van der Waals surface area contributed by atoms with Crippen LogP contribution in [0.15, 0.2) is 12.3 Å². The van der Waals surface area contributed by atoms with Crippen LogP contribution in [0.5, 0.6) is 0 Å². The van der Waals surface area contributed by atoms with Gasteiger partial charge in [-0.15, -0.1) is 0 Å². The van der Waals surface area contributed by atoms with Crippen molar-refractivity contribution in [2.45, 2.75) is 12.3 Å². The van der Waals surface area contributed by atoms with E-state index in [9.17, 15) is 8.42 Å². The number of pyridine rings is 1. The van der Waals surface area contributed by atoms with Gasteiger partial charge in [0, 0.05) is 30.5 Å². The van der Waals surface area contributed by atoms with Crippen molar-refractivity contribution in [2.75, 3.05) is 34.9 Å². The van der Waals surface area contributed by atoms with Crippen molar-refractivity contribution in [2.24, 2.45) is 0 Å². The van der Waals surface area contributed by atoms with E-state index in [1.54, 1.807) is 18.0 Å². The van der Waals surface area contributed by atoms with Crippen LogP contribution in [0.2, 0.25) is 0 Å². The van der Waals surface area contributed by atoms with Crippen LogP contribution in [0.25, 0.3) is 0 Å². The highest BCUT2D eigenvalue weighted by Gasteiger charge is 2.32. The summed E-state index contributed by atoms with van der Waals surface area (Å²) in [6.07, 6.45) is 2.94. The van der Waals surface area contributed by atoms with Crippen LogP contribution in [-0.4, -0.2) is 43.1 Å². The molecule has 0 radical (unpaired) electrons. The van der Waals surface area contributed by atoms with Gasteiger partial charge >= 0.3 is 0 Å². The number of rotatable bonds is 2. The Morgan fingerprint density at radius 2 is 2.28 bits per heavy atom. The van der Waals surface area contributed by atoms with Gasteiger partial charge in [-0.05, 0) is 18.6 Å². The topological polar surface area (TPSA) is 76.3 Å². The highest BCUT2D eigenvalue weighted by molar-refractivity contribution is 8.01. The Bertz CT molecular complexity index is 545. The van der Waals surface area contributed by atoms with Crippen molar-refractivity contribution in [3.63, 3.8) is 0 Å². The molecule has 2 heterocycles. The molecule has 0 amide bonds. The second kappa shape index (κ2) is 4.97. The lowest BCUT2D eigenvalue weighted by molar-refractivity contribution is 0.584. The standard InChI is InChI=1S/C11H17N3O2S2/c1-8-3-4-13-11(10(8)12)14-5-6-17-7-9(14)18(2,15)16/h3-4,9H,5-7,12H2,1-2H3. The number of anilines is 2. The number of thioether (sulfide) groups is 1. The zero-order chi connectivity index (χ0) is 13.3. The summed E-state index contributed by atoms with van der Waals surface area (Å²) in [6.45, 7) is 2.55. The summed E-state index contributed by atoms with van der Waals surface area (Å²) in [4.78, 5) is 6.07. The summed E-state index contributed by atoms with van der Waals surface area (Å²) in [7, 11) is -3.14. The molecule has 0 saturated carbocycles. The van der Waals surface area contributed by atoms with Crippen molar-refractivity contribution >= 4 is 33.1 Å². The Morgan fingerprint density at radius 3 is 2.94 bits per heavy atom. The number of aryl methyl sites for hydroxylation is 1. The summed E-state index contributed by atoms with van der Waals surface area (Å²) in [5.41, 5.74) is 7.50. The van der Waals surface area contributed by atoms with Crippen molar-refractivity contribution in [3.05, 3.63) is 17.8 Å². The highest BCUT2D eigenvalue weighted by Crippen LogP contribution is 2.30. The normalized spacial score (nSPS) is 21.0. The summed E-state index contributed by atoms with van der Waals surface area (Å²) >= 11 is 1.65. The molecule has 100 valence electrons. The van der Waals surface area contributed by atoms with E-state index in [1.165, 1.54) is 6.26 Å². The third kappa shape index (κ3) is 2.56. The predicted octanol–water partition coefficient (Wildman–Crippen LogP) is 0.896. The smallest absolute Gasteiger partial charge is 0.169 e. The average Bonchev–Trinajstić information content (AvgIpc) is 2.32. The fraction of sp³-hybridized carbons (Fsp3) is 0.545. The van der Waals surface area contributed by atoms with Gasteiger partial charge in [0.2, 0.25) is 0 Å². The van der Waals surface area contributed by atoms with Gasteiger partial charge in [-0.25, -0.2) is 13.4 Å². The zero-order valence-electron chi connectivity index (χ0n) is 10.5. The SMILES string of the molecule is Cc1ccnc(N2CCSCC2S(C)(=O)=O)c1N. The van der Waals surface area contributed by atoms with E-state index in [0.717, 1.165) is 11.3 Å². The second-order valence-corrected chi connectivity index (χ2v) is 7.77. The summed E-state index contributed by atoms with van der Waals surface area (Å²) in [6, 6.07) is 1.83. The Labute approximate surface area is 112 Å². The zero-order valence-corrected chi connectivity index (χ0v) is 12.1. The van der Waals surface area contributed by atoms with Gasteiger partial charge in [-0.2, -0.15) is 11.8 Å². The van der Waals surface area contributed by atoms with Crippen LogP contribution in [0.4, 0.5) is 11.5 Å². The van der Waals surface area contributed by atoms with Gasteiger partial charge in [0.1, 0.15) is 5.37 Å². The number of aromatic nitrogens is 1. The van der Waals surface area contributed by atoms with Gasteiger partial charge in [0.25, 0.3) is 0 Å². The average molecular weight is 287 g/mol. The molecule has 1 aromatic heterocycles. The summed E-state index contributed by atoms with van der Waals surface area (Å²) in [5.74, 6) is 2.04. The number of sulfone groups is 1. The van der Waals surface area contributed by atoms with E-state index in [4.69, 9.17) is 5.73 Å². The minimum atomic E-state index is -3.14. The minimum Gasteiger partial charge on any atom is -0.396 e. The van der Waals surface area contributed by atoms with E-state index in [1.807, 2.05) is 17.9 Å². The molecule has 1 fully saturated rings. The molecular weight excluding hydrogens is 270 g/mol. The second-order valence-electron chi connectivity index (χ2n) is 4.42. The van der Waals surface area contributed by atoms with Gasteiger partial charge in [0.05, 0.1) is 5.69 Å². The maximum atomic E-state index is 11.8. The van der Waals surface area contributed by atoms with Crippen LogP contribution in [0.3, 0.4) is 0 Å². The molecule has 1 aromatic rings. The number of nitrogen functional groups attached to an aromatic ring is 1. The molecule has 5 nitrogen and oxygen atoms in total. The first-order valence-corrected chi connectivity index (χ1v) is 8.76. The lowest BCUT2D eigenvalue weighted by atomic mass is 10.2. The van der Waals surface area contributed by atoms with E-state index >= 15 is 0 Å². The fourth-order valence-corrected chi connectivity index (χ4v) is 4.78. The molecule has 1 saturated heterocycles. The molecule has 2 N–H and O–H groups in total. The van der Waals surface area contributed by atoms with E-state index in [2.05, 4.69) is 4.98 Å². The molecule has 1 aliphatic rings. The fourth-order valence-electron chi connectivity index (χ4n) is 1.96. The molecule has 0 bridgehead atoms. The largest absolute Gasteiger partial charge is 0.396 e. The maximum Gasteiger partial charge on any atom is 0.169 e. The number of hydrogen-bond donors (Lipinski definition) is 1. The Kier molecular flexibility index (Phi) is 3.72. The maximum absolute atomic E-state index is 11.8. The summed E-state index contributed by atoms with van der Waals surface area (Å²) < 4.78 is 23.7. The molecule has 1 atom stereocenters. The first-order valence-electron chi connectivity index (χ1n) is 5.65. The van der Waals surface area contributed by atoms with Crippen LogP contribution in [-0.2, 0) is 9.84 Å². The molecule has 1 unspecified atom stereocenters. The lowest BCUT2D eigenvalue weighted by Gasteiger charge is -2.35. The van der Waals surface area contributed by atoms with Crippen LogP contribution >= 0.6 is 11.8 Å². The summed E-state index contributed by atoms with van der Waals surface area (Å²) in [5, 5.41) is -0.534. The Hall–Kier alpha value is -0.950. The van der Waals surface area contributed by atoms with Crippen LogP contribution < -0.4 is 10.6 Å². The van der Waals surface area contributed by atoms with Crippen molar-refractivity contribution in [1.29, 1.82) is 0 Å². The van der Waals surface area contributed by atoms with Gasteiger partial charge in [0.15, 0.2) is 15.7 Å². The molecule has 7 heteroatoms. The van der Waals surface area contributed by atoms with Crippen molar-refractivity contribution in [1.82, 2.24) is 4.98 Å². The quantitative estimate of drug-likeness (QED) is 0.871. The number of nitrogens with two attached hydrogens (primary N) is 1. The Morgan fingerprint density at radius 1 is 1.56 bits per heavy atom. The van der Waals surface area contributed by atoms with Crippen molar-refractivity contribution < 1.29 is 8.42 Å². The third-order valence-electron chi connectivity index (χ3n) is 3.04. The molecule has 1 aliphatic heterocycles.